The second-order valence-electron chi connectivity index (χ2n) is 7.52. The summed E-state index contributed by atoms with van der Waals surface area (Å²) in [6.45, 7) is 5.84. The zero-order chi connectivity index (χ0) is 21.3. The molecule has 0 saturated heterocycles. The number of carbonyl (C=O) groups excluding carboxylic acids is 1. The number of carbonyl (C=O) groups is 1. The summed E-state index contributed by atoms with van der Waals surface area (Å²) in [6, 6.07) is 8.57. The lowest BCUT2D eigenvalue weighted by Crippen LogP contribution is -3.99. The summed E-state index contributed by atoms with van der Waals surface area (Å²) >= 11 is 1.95. The van der Waals surface area contributed by atoms with Gasteiger partial charge in [-0.05, 0) is 41.7 Å². The van der Waals surface area contributed by atoms with Crippen LogP contribution in [0.15, 0.2) is 30.3 Å². The summed E-state index contributed by atoms with van der Waals surface area (Å²) in [5.74, 6) is -0.771. The van der Waals surface area contributed by atoms with E-state index in [1.165, 1.54) is 4.80 Å². The van der Waals surface area contributed by atoms with Crippen molar-refractivity contribution >= 4 is 28.6 Å². The third-order valence-electron chi connectivity index (χ3n) is 4.28. The molecule has 3 rings (SSSR count). The fraction of sp³-hybridized carbons (Fsp3) is 0.316. The maximum Gasteiger partial charge on any atom is 0.574 e. The number of benzene rings is 2. The highest BCUT2D eigenvalue weighted by atomic mass is 127. The van der Waals surface area contributed by atoms with Gasteiger partial charge in [-0.15, -0.1) is 18.1 Å². The SMILES string of the molecule is CC(C)(C)c1cc(CCC(=O)O[I+2]([O-])[O-])cc(-n2nc3ccc(Cl)cc3n2)c1O. The van der Waals surface area contributed by atoms with Crippen molar-refractivity contribution in [2.24, 2.45) is 0 Å². The van der Waals surface area contributed by atoms with E-state index in [0.29, 0.717) is 27.3 Å². The molecule has 0 spiro atoms. The first-order valence-electron chi connectivity index (χ1n) is 8.70. The second-order valence-corrected chi connectivity index (χ2v) is 9.48. The summed E-state index contributed by atoms with van der Waals surface area (Å²) < 4.78 is 25.5. The molecular formula is C19H19ClIN3O5. The Morgan fingerprint density at radius 1 is 1.21 bits per heavy atom. The van der Waals surface area contributed by atoms with Crippen LogP contribution in [0.2, 0.25) is 5.02 Å². The van der Waals surface area contributed by atoms with E-state index in [1.54, 1.807) is 30.3 Å². The molecule has 1 aromatic heterocycles. The molecule has 0 amide bonds. The van der Waals surface area contributed by atoms with Crippen LogP contribution >= 0.6 is 11.6 Å². The van der Waals surface area contributed by atoms with Gasteiger partial charge in [-0.1, -0.05) is 38.4 Å². The summed E-state index contributed by atoms with van der Waals surface area (Å²) in [5.41, 5.74) is 2.52. The molecule has 0 atom stereocenters. The van der Waals surface area contributed by atoms with Crippen LogP contribution in [0.3, 0.4) is 0 Å². The summed E-state index contributed by atoms with van der Waals surface area (Å²) in [6.07, 6.45) is 0.141. The minimum Gasteiger partial charge on any atom is -0.505 e. The van der Waals surface area contributed by atoms with E-state index in [2.05, 4.69) is 13.3 Å². The average molecular weight is 532 g/mol. The van der Waals surface area contributed by atoms with Gasteiger partial charge in [0.15, 0.2) is 0 Å². The Labute approximate surface area is 181 Å². The summed E-state index contributed by atoms with van der Waals surface area (Å²) in [7, 11) is 0. The number of aromatic hydroxyl groups is 1. The van der Waals surface area contributed by atoms with E-state index in [4.69, 9.17) is 11.6 Å². The van der Waals surface area contributed by atoms with Gasteiger partial charge in [0.25, 0.3) is 0 Å². The Kier molecular flexibility index (Phi) is 6.32. The second kappa shape index (κ2) is 8.42. The first-order valence-corrected chi connectivity index (χ1v) is 11.7. The molecule has 0 radical (unpaired) electrons. The minimum absolute atomic E-state index is 0.0303. The van der Waals surface area contributed by atoms with Crippen molar-refractivity contribution in [1.29, 1.82) is 0 Å². The lowest BCUT2D eigenvalue weighted by atomic mass is 9.84. The van der Waals surface area contributed by atoms with Crippen LogP contribution in [0.25, 0.3) is 16.7 Å². The van der Waals surface area contributed by atoms with Gasteiger partial charge < -0.3 is 12.0 Å². The van der Waals surface area contributed by atoms with E-state index >= 15 is 0 Å². The van der Waals surface area contributed by atoms with Crippen LogP contribution in [0.1, 0.15) is 38.3 Å². The van der Waals surface area contributed by atoms with E-state index in [1.807, 2.05) is 20.8 Å². The number of hydrogen-bond donors (Lipinski definition) is 1. The first kappa shape index (κ1) is 21.8. The topological polar surface area (TPSA) is 123 Å². The van der Waals surface area contributed by atoms with Crippen molar-refractivity contribution in [1.82, 2.24) is 15.0 Å². The Balaban J connectivity index is 2.03. The van der Waals surface area contributed by atoms with Crippen molar-refractivity contribution in [3.8, 4) is 11.4 Å². The molecule has 1 N–H and O–H groups in total. The highest BCUT2D eigenvalue weighted by Crippen LogP contribution is 2.36. The molecule has 0 bridgehead atoms. The Morgan fingerprint density at radius 3 is 2.55 bits per heavy atom. The number of fused-ring (bicyclic) bond motifs is 1. The Morgan fingerprint density at radius 2 is 1.90 bits per heavy atom. The van der Waals surface area contributed by atoms with Crippen molar-refractivity contribution in [3.05, 3.63) is 46.5 Å². The zero-order valence-corrected chi connectivity index (χ0v) is 18.9. The molecule has 29 heavy (non-hydrogen) atoms. The maximum absolute atomic E-state index is 11.6. The molecule has 0 aliphatic carbocycles. The van der Waals surface area contributed by atoms with E-state index in [0.717, 1.165) is 5.56 Å². The van der Waals surface area contributed by atoms with Gasteiger partial charge >= 0.3 is 27.0 Å². The van der Waals surface area contributed by atoms with E-state index < -0.39 is 32.4 Å². The van der Waals surface area contributed by atoms with Gasteiger partial charge in [0.1, 0.15) is 22.5 Å². The van der Waals surface area contributed by atoms with Crippen LogP contribution in [0.5, 0.6) is 5.75 Å². The predicted molar refractivity (Wildman–Crippen MR) is 98.7 cm³/mol. The van der Waals surface area contributed by atoms with Gasteiger partial charge in [-0.25, -0.2) is 4.79 Å². The van der Waals surface area contributed by atoms with Crippen LogP contribution < -0.4 is 27.9 Å². The molecule has 0 aliphatic rings. The molecule has 10 heteroatoms. The molecule has 2 aromatic carbocycles. The van der Waals surface area contributed by atoms with Crippen LogP contribution in [-0.2, 0) is 19.7 Å². The number of aromatic nitrogens is 3. The van der Waals surface area contributed by atoms with Crippen LogP contribution in [0, 0.1) is 0 Å². The quantitative estimate of drug-likeness (QED) is 0.404. The lowest BCUT2D eigenvalue weighted by Gasteiger charge is -2.23. The molecule has 0 aliphatic heterocycles. The average Bonchev–Trinajstić information content (AvgIpc) is 3.02. The van der Waals surface area contributed by atoms with Gasteiger partial charge in [-0.3, -0.25) is 0 Å². The molecule has 3 aromatic rings. The van der Waals surface area contributed by atoms with Gasteiger partial charge in [0, 0.05) is 10.6 Å². The molecule has 0 saturated carbocycles. The lowest BCUT2D eigenvalue weighted by molar-refractivity contribution is -1.62. The number of rotatable bonds is 5. The van der Waals surface area contributed by atoms with Gasteiger partial charge in [0.2, 0.25) is 0 Å². The largest absolute Gasteiger partial charge is 0.574 e. The number of phenols is 1. The number of phenolic OH excluding ortho intramolecular Hbond substituents is 1. The van der Waals surface area contributed by atoms with Crippen molar-refractivity contribution in [3.63, 3.8) is 0 Å². The van der Waals surface area contributed by atoms with E-state index in [-0.39, 0.29) is 18.6 Å². The summed E-state index contributed by atoms with van der Waals surface area (Å²) in [5, 5.41) is 20.2. The fourth-order valence-corrected chi connectivity index (χ4v) is 3.68. The van der Waals surface area contributed by atoms with Crippen molar-refractivity contribution < 1.29 is 40.9 Å². The third-order valence-corrected chi connectivity index (χ3v) is 5.37. The Hall–Kier alpha value is -1.95. The van der Waals surface area contributed by atoms with E-state index in [9.17, 15) is 16.8 Å². The minimum atomic E-state index is -4.07. The maximum atomic E-state index is 11.6. The smallest absolute Gasteiger partial charge is 0.505 e. The first-order chi connectivity index (χ1) is 13.5. The predicted octanol–water partition coefficient (Wildman–Crippen LogP) is -1.36. The molecular weight excluding hydrogens is 513 g/mol. The fourth-order valence-electron chi connectivity index (χ4n) is 2.90. The van der Waals surface area contributed by atoms with Gasteiger partial charge in [0.05, 0.1) is 6.42 Å². The van der Waals surface area contributed by atoms with Crippen LogP contribution in [0.4, 0.5) is 0 Å². The summed E-state index contributed by atoms with van der Waals surface area (Å²) in [4.78, 5) is 12.9. The number of hydrogen-bond acceptors (Lipinski definition) is 7. The number of halogens is 2. The van der Waals surface area contributed by atoms with Crippen LogP contribution in [-0.4, -0.2) is 26.1 Å². The number of aryl methyl sites for hydroxylation is 1. The standard InChI is InChI=1S/C19H19ClIN3O5/c1-19(2,3)13-8-11(4-7-17(25)29-21(27)28)9-16(18(13)26)24-22-14-6-5-12(20)10-15(14)23-24/h5-6,8-10,26H,4,7H2,1-3H3. The normalized spacial score (nSPS) is 12.0. The zero-order valence-electron chi connectivity index (χ0n) is 16.0. The van der Waals surface area contributed by atoms with Crippen molar-refractivity contribution in [2.45, 2.75) is 39.0 Å². The molecule has 0 unspecified atom stereocenters. The molecule has 1 heterocycles. The highest BCUT2D eigenvalue weighted by molar-refractivity contribution is 6.31. The van der Waals surface area contributed by atoms with Gasteiger partial charge in [-0.2, -0.15) is 0 Å². The van der Waals surface area contributed by atoms with Crippen molar-refractivity contribution in [2.75, 3.05) is 0 Å². The monoisotopic (exact) mass is 531 g/mol. The number of nitrogens with zero attached hydrogens (tertiary/aromatic N) is 3. The Bertz CT molecular complexity index is 1060. The molecule has 0 fully saturated rings. The third kappa shape index (κ3) is 5.16. The molecule has 154 valence electrons. The highest BCUT2D eigenvalue weighted by Gasteiger charge is 2.25. The molecule has 8 nitrogen and oxygen atoms in total.